The maximum Gasteiger partial charge on any atom is 0.181 e. The van der Waals surface area contributed by atoms with Crippen molar-refractivity contribution in [1.82, 2.24) is 19.7 Å². The van der Waals surface area contributed by atoms with E-state index in [0.717, 1.165) is 40.7 Å². The maximum atomic E-state index is 10.6. The Kier molecular flexibility index (Phi) is 20.3. The van der Waals surface area contributed by atoms with Crippen molar-refractivity contribution in [3.05, 3.63) is 87.2 Å². The van der Waals surface area contributed by atoms with Crippen LogP contribution in [0.25, 0.3) is 0 Å². The predicted octanol–water partition coefficient (Wildman–Crippen LogP) is 17.7. The average Bonchev–Trinajstić information content (AvgIpc) is 3.91. The van der Waals surface area contributed by atoms with Gasteiger partial charge in [-0.15, -0.1) is 0 Å². The number of aromatic nitrogens is 4. The van der Waals surface area contributed by atoms with Gasteiger partial charge in [0.15, 0.2) is 6.39 Å². The fraction of sp³-hybridized carbons (Fsp3) is 0.758. The zero-order chi connectivity index (χ0) is 55.6. The van der Waals surface area contributed by atoms with Crippen molar-refractivity contribution in [3.63, 3.8) is 0 Å². The first kappa shape index (κ1) is 64.6. The molecule has 1 N–H and O–H groups in total. The lowest BCUT2D eigenvalue weighted by Crippen LogP contribution is -2.42. The van der Waals surface area contributed by atoms with Crippen LogP contribution < -0.4 is 0 Å². The van der Waals surface area contributed by atoms with Crippen LogP contribution in [0.3, 0.4) is 0 Å². The molecule has 8 heteroatoms. The normalized spacial score (nSPS) is 17.7. The number of allylic oxidation sites excluding steroid dienone is 5. The smallest absolute Gasteiger partial charge is 0.181 e. The van der Waals surface area contributed by atoms with E-state index in [4.69, 9.17) is 13.7 Å². The minimum absolute atomic E-state index is 0.0316. The van der Waals surface area contributed by atoms with Crippen molar-refractivity contribution in [2.24, 2.45) is 28.7 Å². The van der Waals surface area contributed by atoms with Crippen LogP contribution >= 0.6 is 0 Å². The standard InChI is InChI=1S/C14H26O2.C13H22.C12H22N2.C12H21NO.C11H19NO/c1-12(2,3)10-11(13(4,5)6)16-9-8-14(10,7)15;1-12(2,3)10-8-7-9-11(10)13(4,5)6;1-11(2,3)9-10(12(4,5)6)14(7)8-13-9;1-8-9(11(2,3)4)10(14-13-8)12(5,6)7;1-10(2,3)8-9(11(4,5)6)13-7-12-8/h15H,8-9H2,1-7H3;7-8H,9H2,1-6H3;8H,1-7H3;1-7H3;7H,1-6H3. The molecular weight excluding hydrogens is 865 g/mol. The van der Waals surface area contributed by atoms with Crippen molar-refractivity contribution in [1.29, 1.82) is 0 Å². The summed E-state index contributed by atoms with van der Waals surface area (Å²) in [7, 11) is 2.07. The molecule has 8 nitrogen and oxygen atoms in total. The highest BCUT2D eigenvalue weighted by Crippen LogP contribution is 2.47. The van der Waals surface area contributed by atoms with Crippen LogP contribution in [0.15, 0.2) is 56.3 Å². The first-order chi connectivity index (χ1) is 30.7. The van der Waals surface area contributed by atoms with Gasteiger partial charge in [0.1, 0.15) is 17.3 Å². The fourth-order valence-corrected chi connectivity index (χ4v) is 9.39. The lowest BCUT2D eigenvalue weighted by molar-refractivity contribution is -0.00437. The largest absolute Gasteiger partial charge is 0.497 e. The molecule has 0 amide bonds. The molecule has 0 aromatic carbocycles. The summed E-state index contributed by atoms with van der Waals surface area (Å²) in [5.74, 6) is 2.98. The highest BCUT2D eigenvalue weighted by Gasteiger charge is 2.43. The van der Waals surface area contributed by atoms with Crippen LogP contribution in [0.4, 0.5) is 0 Å². The third-order valence-corrected chi connectivity index (χ3v) is 12.3. The molecule has 0 saturated heterocycles. The van der Waals surface area contributed by atoms with Crippen LogP contribution in [0.1, 0.15) is 267 Å². The first-order valence-electron chi connectivity index (χ1n) is 26.1. The van der Waals surface area contributed by atoms with Gasteiger partial charge in [-0.1, -0.05) is 231 Å². The van der Waals surface area contributed by atoms with Crippen molar-refractivity contribution in [2.45, 2.75) is 272 Å². The monoisotopic (exact) mass is 975 g/mol. The Labute approximate surface area is 431 Å². The van der Waals surface area contributed by atoms with Crippen molar-refractivity contribution < 1.29 is 18.8 Å². The van der Waals surface area contributed by atoms with Crippen molar-refractivity contribution in [2.75, 3.05) is 6.61 Å². The lowest BCUT2D eigenvalue weighted by Gasteiger charge is -2.43. The van der Waals surface area contributed by atoms with Gasteiger partial charge in [0.2, 0.25) is 0 Å². The zero-order valence-corrected chi connectivity index (χ0v) is 51.9. The van der Waals surface area contributed by atoms with Crippen molar-refractivity contribution in [3.8, 4) is 0 Å². The highest BCUT2D eigenvalue weighted by molar-refractivity contribution is 5.40. The quantitative estimate of drug-likeness (QED) is 0.240. The third kappa shape index (κ3) is 18.3. The number of ether oxygens (including phenoxy) is 1. The van der Waals surface area contributed by atoms with Crippen LogP contribution in [-0.4, -0.2) is 37.0 Å². The van der Waals surface area contributed by atoms with Gasteiger partial charge in [-0.05, 0) is 47.5 Å². The number of oxazole rings is 1. The molecule has 0 bridgehead atoms. The fourth-order valence-electron chi connectivity index (χ4n) is 9.39. The van der Waals surface area contributed by atoms with Crippen LogP contribution in [0.5, 0.6) is 0 Å². The van der Waals surface area contributed by atoms with E-state index in [1.54, 1.807) is 17.5 Å². The molecule has 0 fully saturated rings. The van der Waals surface area contributed by atoms with E-state index in [1.807, 2.05) is 20.2 Å². The number of aliphatic hydroxyl groups is 1. The summed E-state index contributed by atoms with van der Waals surface area (Å²) < 4.78 is 18.9. The Balaban J connectivity index is 0.000000438. The number of aryl methyl sites for hydroxylation is 2. The Morgan fingerprint density at radius 3 is 1.34 bits per heavy atom. The summed E-state index contributed by atoms with van der Waals surface area (Å²) in [6.45, 7) is 70.4. The van der Waals surface area contributed by atoms with Crippen molar-refractivity contribution >= 4 is 0 Å². The summed E-state index contributed by atoms with van der Waals surface area (Å²) in [5.41, 5.74) is 10.4. The summed E-state index contributed by atoms with van der Waals surface area (Å²) in [6.07, 6.45) is 9.89. The van der Waals surface area contributed by atoms with Gasteiger partial charge < -0.3 is 23.4 Å². The summed E-state index contributed by atoms with van der Waals surface area (Å²) in [6, 6.07) is 0. The summed E-state index contributed by atoms with van der Waals surface area (Å²) >= 11 is 0. The molecule has 3 aromatic heterocycles. The Bertz CT molecular complexity index is 2130. The van der Waals surface area contributed by atoms with Gasteiger partial charge in [-0.3, -0.25) is 0 Å². The minimum atomic E-state index is -0.737. The van der Waals surface area contributed by atoms with E-state index in [-0.39, 0.29) is 43.3 Å². The van der Waals surface area contributed by atoms with Gasteiger partial charge in [-0.25, -0.2) is 9.97 Å². The van der Waals surface area contributed by atoms with E-state index in [0.29, 0.717) is 23.9 Å². The first-order valence-corrected chi connectivity index (χ1v) is 26.1. The molecule has 3 aromatic rings. The average molecular weight is 976 g/mol. The molecular formula is C62H110N4O4. The molecule has 70 heavy (non-hydrogen) atoms. The second-order valence-electron chi connectivity index (χ2n) is 30.6. The number of nitrogens with zero attached hydrogens (tertiary/aromatic N) is 4. The van der Waals surface area contributed by atoms with Gasteiger partial charge in [0.05, 0.1) is 35.6 Å². The van der Waals surface area contributed by atoms with Gasteiger partial charge in [-0.2, -0.15) is 0 Å². The molecule has 1 unspecified atom stereocenters. The number of rotatable bonds is 0. The molecule has 4 heterocycles. The van der Waals surface area contributed by atoms with E-state index in [9.17, 15) is 5.11 Å². The molecule has 0 radical (unpaired) electrons. The molecule has 0 saturated carbocycles. The topological polar surface area (TPSA) is 99.3 Å². The molecule has 2 aliphatic rings. The highest BCUT2D eigenvalue weighted by atomic mass is 16.5. The Morgan fingerprint density at radius 1 is 0.557 bits per heavy atom. The zero-order valence-electron chi connectivity index (χ0n) is 51.9. The molecule has 1 atom stereocenters. The van der Waals surface area contributed by atoms with Gasteiger partial charge in [0, 0.05) is 62.8 Å². The van der Waals surface area contributed by atoms with E-state index in [1.165, 1.54) is 17.0 Å². The van der Waals surface area contributed by atoms with E-state index >= 15 is 0 Å². The summed E-state index contributed by atoms with van der Waals surface area (Å²) in [4.78, 5) is 8.80. The molecule has 1 aliphatic heterocycles. The number of imidazole rings is 1. The molecule has 5 rings (SSSR count). The van der Waals surface area contributed by atoms with E-state index in [2.05, 4.69) is 247 Å². The third-order valence-electron chi connectivity index (χ3n) is 12.3. The number of hydrogen-bond acceptors (Lipinski definition) is 7. The van der Waals surface area contributed by atoms with Crippen LogP contribution in [0, 0.1) is 28.6 Å². The summed E-state index contributed by atoms with van der Waals surface area (Å²) in [5, 5.41) is 14.6. The number of hydrogen-bond donors (Lipinski definition) is 1. The van der Waals surface area contributed by atoms with Crippen LogP contribution in [0.2, 0.25) is 0 Å². The molecule has 402 valence electrons. The minimum Gasteiger partial charge on any atom is -0.497 e. The molecule has 1 aliphatic carbocycles. The lowest BCUT2D eigenvalue weighted by atomic mass is 9.70. The predicted molar refractivity (Wildman–Crippen MR) is 300 cm³/mol. The maximum absolute atomic E-state index is 10.6. The second-order valence-corrected chi connectivity index (χ2v) is 30.6. The molecule has 0 spiro atoms. The SMILES string of the molecule is CC(C)(C)C1=C(C(C)(C)C)C(C)(O)CCO1.CC(C)(C)C1=C(C(C)(C)C)CC=C1.CC(C)(C)c1ncoc1C(C)(C)C.Cc1noc(C(C)(C)C)c1C(C)(C)C.Cn1cnc(C(C)(C)C)c1C(C)(C)C. The van der Waals surface area contributed by atoms with Gasteiger partial charge >= 0.3 is 0 Å². The Morgan fingerprint density at radius 2 is 1.04 bits per heavy atom. The second kappa shape index (κ2) is 22.0. The Hall–Kier alpha value is -3.39. The van der Waals surface area contributed by atoms with E-state index < -0.39 is 5.60 Å². The van der Waals surface area contributed by atoms with Crippen LogP contribution in [-0.2, 0) is 44.3 Å². The van der Waals surface area contributed by atoms with Gasteiger partial charge in [0.25, 0.3) is 0 Å².